The maximum atomic E-state index is 6.13. The van der Waals surface area contributed by atoms with Gasteiger partial charge < -0.3 is 20.3 Å². The molecule has 7 heteroatoms. The van der Waals surface area contributed by atoms with Crippen molar-refractivity contribution >= 4 is 17.2 Å². The Morgan fingerprint density at radius 2 is 1.70 bits per heavy atom. The van der Waals surface area contributed by atoms with E-state index in [4.69, 9.17) is 15.5 Å². The van der Waals surface area contributed by atoms with Crippen molar-refractivity contribution in [3.05, 3.63) is 41.7 Å². The third-order valence-corrected chi connectivity index (χ3v) is 7.58. The molecule has 3 heterocycles. The summed E-state index contributed by atoms with van der Waals surface area (Å²) in [6.07, 6.45) is 6.66. The predicted molar refractivity (Wildman–Crippen MR) is 132 cm³/mol. The molecule has 0 atom stereocenters. The molecule has 2 fully saturated rings. The lowest BCUT2D eigenvalue weighted by atomic mass is 9.78. The van der Waals surface area contributed by atoms with E-state index in [1.54, 1.807) is 0 Å². The predicted octanol–water partition coefficient (Wildman–Crippen LogP) is 3.87. The lowest BCUT2D eigenvalue weighted by Gasteiger charge is -2.37. The number of ether oxygens (including phenoxy) is 1. The smallest absolute Gasteiger partial charge is 0.246 e. The first-order valence-electron chi connectivity index (χ1n) is 12.3. The highest BCUT2D eigenvalue weighted by molar-refractivity contribution is 6.09. The van der Waals surface area contributed by atoms with E-state index in [0.717, 1.165) is 17.2 Å². The number of nitrogens with two attached hydrogens (primary N) is 1. The van der Waals surface area contributed by atoms with E-state index in [2.05, 4.69) is 51.1 Å². The van der Waals surface area contributed by atoms with E-state index in [0.29, 0.717) is 23.3 Å². The molecule has 1 saturated heterocycles. The largest absolute Gasteiger partial charge is 0.463 e. The van der Waals surface area contributed by atoms with Gasteiger partial charge in [-0.2, -0.15) is 4.98 Å². The molecule has 0 spiro atoms. The topological polar surface area (TPSA) is 79.9 Å². The highest BCUT2D eigenvalue weighted by Crippen LogP contribution is 2.40. The van der Waals surface area contributed by atoms with Crippen LogP contribution in [0.3, 0.4) is 0 Å². The van der Waals surface area contributed by atoms with Crippen molar-refractivity contribution < 1.29 is 4.74 Å². The number of aromatic nitrogens is 2. The van der Waals surface area contributed by atoms with Gasteiger partial charge in [0.2, 0.25) is 5.88 Å². The number of benzene rings is 1. The van der Waals surface area contributed by atoms with Crippen molar-refractivity contribution in [3.8, 4) is 5.88 Å². The van der Waals surface area contributed by atoms with Gasteiger partial charge in [0.15, 0.2) is 11.5 Å². The highest BCUT2D eigenvalue weighted by Gasteiger charge is 2.35. The Labute approximate surface area is 197 Å². The fourth-order valence-electron chi connectivity index (χ4n) is 5.49. The maximum Gasteiger partial charge on any atom is 0.246 e. The molecule has 2 aliphatic heterocycles. The number of anilines is 1. The van der Waals surface area contributed by atoms with E-state index in [9.17, 15) is 0 Å². The fourth-order valence-corrected chi connectivity index (χ4v) is 5.49. The van der Waals surface area contributed by atoms with E-state index in [1.165, 1.54) is 70.3 Å². The van der Waals surface area contributed by atoms with Gasteiger partial charge in [-0.1, -0.05) is 24.3 Å². The molecule has 33 heavy (non-hydrogen) atoms. The minimum absolute atomic E-state index is 0.345. The van der Waals surface area contributed by atoms with E-state index in [-0.39, 0.29) is 0 Å². The molecule has 2 aromatic rings. The number of rotatable bonds is 4. The second kappa shape index (κ2) is 9.03. The summed E-state index contributed by atoms with van der Waals surface area (Å²) < 4.78 is 6.13. The summed E-state index contributed by atoms with van der Waals surface area (Å²) >= 11 is 0. The average molecular weight is 449 g/mol. The summed E-state index contributed by atoms with van der Waals surface area (Å²) in [5.41, 5.74) is 9.32. The summed E-state index contributed by atoms with van der Waals surface area (Å²) in [6.45, 7) is 10.2. The van der Waals surface area contributed by atoms with Crippen LogP contribution < -0.4 is 10.5 Å². The van der Waals surface area contributed by atoms with E-state index < -0.39 is 5.60 Å². The number of nitrogens with zero attached hydrogens (tertiary/aromatic N) is 5. The molecule has 7 nitrogen and oxygen atoms in total. The zero-order valence-corrected chi connectivity index (χ0v) is 20.1. The molecular weight excluding hydrogens is 412 g/mol. The summed E-state index contributed by atoms with van der Waals surface area (Å²) in [5, 5.41) is 0. The number of hydrogen-bond acceptors (Lipinski definition) is 7. The first kappa shape index (κ1) is 22.3. The van der Waals surface area contributed by atoms with Crippen molar-refractivity contribution in [3.63, 3.8) is 0 Å². The van der Waals surface area contributed by atoms with Gasteiger partial charge in [-0.05, 0) is 64.0 Å². The van der Waals surface area contributed by atoms with Crippen LogP contribution in [0.4, 0.5) is 11.5 Å². The van der Waals surface area contributed by atoms with Gasteiger partial charge in [0.25, 0.3) is 0 Å². The Hall–Kier alpha value is -2.51. The Kier molecular flexibility index (Phi) is 6.10. The van der Waals surface area contributed by atoms with Crippen molar-refractivity contribution in [2.45, 2.75) is 51.0 Å². The highest BCUT2D eigenvalue weighted by atomic mass is 16.5. The van der Waals surface area contributed by atoms with Crippen LogP contribution in [0.25, 0.3) is 0 Å². The lowest BCUT2D eigenvalue weighted by Crippen LogP contribution is -2.46. The maximum absolute atomic E-state index is 6.13. The van der Waals surface area contributed by atoms with Crippen LogP contribution in [0, 0.1) is 5.92 Å². The molecule has 3 aliphatic rings. The second-order valence-corrected chi connectivity index (χ2v) is 10.4. The molecular formula is C26H36N6O. The quantitative estimate of drug-likeness (QED) is 0.765. The van der Waals surface area contributed by atoms with Crippen LogP contribution in [-0.2, 0) is 0 Å². The molecule has 0 radical (unpaired) electrons. The molecule has 2 N–H and O–H groups in total. The number of nitrogen functional groups attached to an aromatic ring is 1. The molecule has 1 aromatic heterocycles. The zero-order chi connectivity index (χ0) is 23.0. The SMILES string of the molecule is CN1CCN(C[C@H]2CC[C@H](c3ccc(C4=Nc5c(N)ncnc5OC4(C)C)cc3)CC2)CC1. The average Bonchev–Trinajstić information content (AvgIpc) is 2.81. The molecule has 1 aromatic carbocycles. The third kappa shape index (κ3) is 4.75. The number of hydrogen-bond donors (Lipinski definition) is 1. The molecule has 176 valence electrons. The second-order valence-electron chi connectivity index (χ2n) is 10.4. The molecule has 0 amide bonds. The van der Waals surface area contributed by atoms with Gasteiger partial charge in [0.1, 0.15) is 11.9 Å². The number of piperazine rings is 1. The summed E-state index contributed by atoms with van der Waals surface area (Å²) in [4.78, 5) is 18.2. The van der Waals surface area contributed by atoms with Crippen LogP contribution in [0.2, 0.25) is 0 Å². The van der Waals surface area contributed by atoms with Gasteiger partial charge in [0.05, 0.1) is 5.71 Å². The molecule has 1 saturated carbocycles. The zero-order valence-electron chi connectivity index (χ0n) is 20.1. The number of likely N-dealkylation sites (N-methyl/N-ethyl adjacent to an activating group) is 1. The summed E-state index contributed by atoms with van der Waals surface area (Å²) in [6, 6.07) is 8.92. The van der Waals surface area contributed by atoms with Crippen molar-refractivity contribution in [2.75, 3.05) is 45.5 Å². The third-order valence-electron chi connectivity index (χ3n) is 7.58. The fraction of sp³-hybridized carbons (Fsp3) is 0.577. The number of aliphatic imine (C=N–C) groups is 1. The normalized spacial score (nSPS) is 25.7. The van der Waals surface area contributed by atoms with Gasteiger partial charge >= 0.3 is 0 Å². The molecule has 0 unspecified atom stereocenters. The van der Waals surface area contributed by atoms with Crippen LogP contribution in [0.5, 0.6) is 5.88 Å². The van der Waals surface area contributed by atoms with Crippen molar-refractivity contribution in [2.24, 2.45) is 10.9 Å². The van der Waals surface area contributed by atoms with Crippen molar-refractivity contribution in [1.82, 2.24) is 19.8 Å². The first-order chi connectivity index (χ1) is 15.9. The molecule has 1 aliphatic carbocycles. The minimum atomic E-state index is -0.587. The Balaban J connectivity index is 1.24. The minimum Gasteiger partial charge on any atom is -0.463 e. The van der Waals surface area contributed by atoms with Gasteiger partial charge in [-0.15, -0.1) is 0 Å². The van der Waals surface area contributed by atoms with Gasteiger partial charge in [-0.3, -0.25) is 0 Å². The first-order valence-corrected chi connectivity index (χ1v) is 12.3. The standard InChI is InChI=1S/C26H36N6O/c1-26(2)23(30-22-24(27)28-17-29-25(22)33-26)21-10-8-20(9-11-21)19-6-4-18(5-7-19)16-32-14-12-31(3)13-15-32/h8-11,17-19H,4-7,12-16H2,1-3H3,(H2,27,28,29)/t18-,19-. The van der Waals surface area contributed by atoms with E-state index in [1.807, 2.05) is 13.8 Å². The van der Waals surface area contributed by atoms with Gasteiger partial charge in [-0.25, -0.2) is 9.98 Å². The summed E-state index contributed by atoms with van der Waals surface area (Å²) in [7, 11) is 2.23. The summed E-state index contributed by atoms with van der Waals surface area (Å²) in [5.74, 6) is 2.30. The van der Waals surface area contributed by atoms with Crippen LogP contribution in [-0.4, -0.2) is 70.9 Å². The monoisotopic (exact) mass is 448 g/mol. The van der Waals surface area contributed by atoms with E-state index >= 15 is 0 Å². The van der Waals surface area contributed by atoms with Gasteiger partial charge in [0, 0.05) is 38.3 Å². The molecule has 0 bridgehead atoms. The Morgan fingerprint density at radius 3 is 2.39 bits per heavy atom. The molecule has 5 rings (SSSR count). The van der Waals surface area contributed by atoms with Crippen LogP contribution >= 0.6 is 0 Å². The van der Waals surface area contributed by atoms with Crippen LogP contribution in [0.15, 0.2) is 35.6 Å². The van der Waals surface area contributed by atoms with Crippen molar-refractivity contribution in [1.29, 1.82) is 0 Å². The van der Waals surface area contributed by atoms with Crippen LogP contribution in [0.1, 0.15) is 56.6 Å². The lowest BCUT2D eigenvalue weighted by molar-refractivity contribution is 0.123. The number of fused-ring (bicyclic) bond motifs is 1. The Bertz CT molecular complexity index is 1000. The Morgan fingerprint density at radius 1 is 1.00 bits per heavy atom.